The summed E-state index contributed by atoms with van der Waals surface area (Å²) in [5.74, 6) is -1.02. The van der Waals surface area contributed by atoms with Gasteiger partial charge in [-0.25, -0.2) is 4.98 Å². The molecule has 4 rings (SSSR count). The number of aryl methyl sites for hydroxylation is 1. The van der Waals surface area contributed by atoms with Crippen molar-refractivity contribution in [2.75, 3.05) is 4.90 Å². The summed E-state index contributed by atoms with van der Waals surface area (Å²) in [4.78, 5) is 18.9. The third kappa shape index (κ3) is 5.06. The molecule has 0 aliphatic heterocycles. The zero-order chi connectivity index (χ0) is 24.7. The molecule has 3 nitrogen and oxygen atoms in total. The van der Waals surface area contributed by atoms with E-state index in [-0.39, 0.29) is 17.7 Å². The first-order chi connectivity index (χ1) is 15.9. The van der Waals surface area contributed by atoms with Crippen molar-refractivity contribution in [2.24, 2.45) is 0 Å². The van der Waals surface area contributed by atoms with E-state index in [0.29, 0.717) is 23.2 Å². The molecule has 34 heavy (non-hydrogen) atoms. The van der Waals surface area contributed by atoms with Crippen molar-refractivity contribution in [1.29, 1.82) is 0 Å². The van der Waals surface area contributed by atoms with E-state index in [1.165, 1.54) is 0 Å². The van der Waals surface area contributed by atoms with Gasteiger partial charge in [0.2, 0.25) is 0 Å². The summed E-state index contributed by atoms with van der Waals surface area (Å²) in [5.41, 5.74) is -1.69. The van der Waals surface area contributed by atoms with Gasteiger partial charge in [0.25, 0.3) is 5.91 Å². The maximum Gasteiger partial charge on any atom is 0.416 e. The molecule has 0 radical (unpaired) electrons. The zero-order valence-electron chi connectivity index (χ0n) is 17.5. The summed E-state index contributed by atoms with van der Waals surface area (Å²) >= 11 is 1.13. The van der Waals surface area contributed by atoms with E-state index >= 15 is 0 Å². The summed E-state index contributed by atoms with van der Waals surface area (Å²) in [7, 11) is 0. The topological polar surface area (TPSA) is 33.2 Å². The molecule has 0 fully saturated rings. The van der Waals surface area contributed by atoms with Crippen molar-refractivity contribution in [3.63, 3.8) is 0 Å². The van der Waals surface area contributed by atoms with E-state index in [0.717, 1.165) is 26.5 Å². The molecule has 0 atom stereocenters. The number of anilines is 1. The van der Waals surface area contributed by atoms with Gasteiger partial charge in [0.05, 0.1) is 27.9 Å². The molecule has 1 heterocycles. The number of hydrogen-bond acceptors (Lipinski definition) is 3. The van der Waals surface area contributed by atoms with Gasteiger partial charge in [-0.2, -0.15) is 26.3 Å². The minimum atomic E-state index is -5.06. The Labute approximate surface area is 194 Å². The Morgan fingerprint density at radius 3 is 2.09 bits per heavy atom. The average molecular weight is 494 g/mol. The highest BCUT2D eigenvalue weighted by molar-refractivity contribution is 7.22. The molecule has 1 amide bonds. The fourth-order valence-corrected chi connectivity index (χ4v) is 4.42. The second kappa shape index (κ2) is 8.75. The smallest absolute Gasteiger partial charge is 0.279 e. The molecule has 176 valence electrons. The zero-order valence-corrected chi connectivity index (χ0v) is 18.4. The molecule has 0 aliphatic rings. The second-order valence-electron chi connectivity index (χ2n) is 7.64. The van der Waals surface area contributed by atoms with Gasteiger partial charge in [-0.15, -0.1) is 0 Å². The van der Waals surface area contributed by atoms with Crippen molar-refractivity contribution in [1.82, 2.24) is 4.98 Å². The fraction of sp³-hybridized carbons (Fsp3) is 0.167. The third-order valence-corrected chi connectivity index (χ3v) is 6.07. The van der Waals surface area contributed by atoms with E-state index in [1.807, 2.05) is 19.1 Å². The van der Waals surface area contributed by atoms with Gasteiger partial charge in [0.15, 0.2) is 5.13 Å². The van der Waals surface area contributed by atoms with Crippen LogP contribution in [0.1, 0.15) is 32.6 Å². The van der Waals surface area contributed by atoms with E-state index in [9.17, 15) is 31.1 Å². The number of rotatable bonds is 4. The first-order valence-corrected chi connectivity index (χ1v) is 10.8. The van der Waals surface area contributed by atoms with Crippen LogP contribution < -0.4 is 4.90 Å². The van der Waals surface area contributed by atoms with Gasteiger partial charge in [0.1, 0.15) is 0 Å². The minimum Gasteiger partial charge on any atom is -0.279 e. The second-order valence-corrected chi connectivity index (χ2v) is 8.65. The normalized spacial score (nSPS) is 12.2. The van der Waals surface area contributed by atoms with Crippen LogP contribution in [0.4, 0.5) is 31.5 Å². The number of aromatic nitrogens is 1. The van der Waals surface area contributed by atoms with Gasteiger partial charge < -0.3 is 0 Å². The largest absolute Gasteiger partial charge is 0.416 e. The number of hydrogen-bond donors (Lipinski definition) is 0. The van der Waals surface area contributed by atoms with Gasteiger partial charge >= 0.3 is 12.4 Å². The summed E-state index contributed by atoms with van der Waals surface area (Å²) in [6.07, 6.45) is -10.1. The van der Waals surface area contributed by atoms with Crippen molar-refractivity contribution in [3.8, 4) is 0 Å². The predicted molar refractivity (Wildman–Crippen MR) is 118 cm³/mol. The lowest BCUT2D eigenvalue weighted by molar-refractivity contribution is -0.143. The van der Waals surface area contributed by atoms with Crippen LogP contribution in [-0.4, -0.2) is 10.9 Å². The molecule has 10 heteroatoms. The number of alkyl halides is 6. The number of carbonyl (C=O) groups excluding carboxylic acids is 1. The number of halogens is 6. The monoisotopic (exact) mass is 494 g/mol. The molecule has 0 unspecified atom stereocenters. The Morgan fingerprint density at radius 2 is 1.50 bits per heavy atom. The van der Waals surface area contributed by atoms with Gasteiger partial charge in [-0.05, 0) is 48.4 Å². The van der Waals surface area contributed by atoms with Crippen LogP contribution in [0.2, 0.25) is 0 Å². The number of amides is 1. The first-order valence-electron chi connectivity index (χ1n) is 9.94. The average Bonchev–Trinajstić information content (AvgIpc) is 3.19. The van der Waals surface area contributed by atoms with E-state index < -0.39 is 35.0 Å². The van der Waals surface area contributed by atoms with Crippen LogP contribution in [0.15, 0.2) is 66.7 Å². The van der Waals surface area contributed by atoms with E-state index in [1.54, 1.807) is 36.4 Å². The Kier molecular flexibility index (Phi) is 6.11. The molecular formula is C24H16F6N2OS. The maximum absolute atomic E-state index is 13.4. The van der Waals surface area contributed by atoms with Crippen molar-refractivity contribution < 1.29 is 31.1 Å². The molecule has 0 saturated carbocycles. The molecule has 3 aromatic carbocycles. The maximum atomic E-state index is 13.4. The van der Waals surface area contributed by atoms with Gasteiger partial charge in [0, 0.05) is 5.56 Å². The quantitative estimate of drug-likeness (QED) is 0.276. The van der Waals surface area contributed by atoms with Crippen LogP contribution in [0.25, 0.3) is 10.2 Å². The van der Waals surface area contributed by atoms with Crippen LogP contribution in [0, 0.1) is 6.92 Å². The molecule has 0 bridgehead atoms. The number of nitrogens with zero attached hydrogens (tertiary/aromatic N) is 2. The number of carbonyl (C=O) groups is 1. The number of thiazole rings is 1. The number of benzene rings is 3. The minimum absolute atomic E-state index is 0.00121. The van der Waals surface area contributed by atoms with Crippen molar-refractivity contribution >= 4 is 32.6 Å². The van der Waals surface area contributed by atoms with Crippen molar-refractivity contribution in [3.05, 3.63) is 94.5 Å². The Hall–Kier alpha value is -3.40. The first kappa shape index (κ1) is 23.7. The summed E-state index contributed by atoms with van der Waals surface area (Å²) in [6, 6.07) is 14.8. The van der Waals surface area contributed by atoms with E-state index in [2.05, 4.69) is 4.98 Å². The summed E-state index contributed by atoms with van der Waals surface area (Å²) in [5, 5.41) is 0.167. The SMILES string of the molecule is Cc1ccc2nc(N(Cc3ccccc3)C(=O)c3cc(C(F)(F)F)cc(C(F)(F)F)c3)sc2c1. The molecule has 4 aromatic rings. The van der Waals surface area contributed by atoms with Crippen LogP contribution >= 0.6 is 11.3 Å². The Bertz CT molecular complexity index is 1310. The highest BCUT2D eigenvalue weighted by Gasteiger charge is 2.38. The van der Waals surface area contributed by atoms with Gasteiger partial charge in [-0.1, -0.05) is 47.7 Å². The summed E-state index contributed by atoms with van der Waals surface area (Å²) < 4.78 is 80.8. The Morgan fingerprint density at radius 1 is 0.882 bits per heavy atom. The molecule has 0 saturated heterocycles. The fourth-order valence-electron chi connectivity index (χ4n) is 3.36. The van der Waals surface area contributed by atoms with Crippen LogP contribution in [-0.2, 0) is 18.9 Å². The predicted octanol–water partition coefficient (Wildman–Crippen LogP) is 7.49. The van der Waals surface area contributed by atoms with E-state index in [4.69, 9.17) is 0 Å². The standard InChI is InChI=1S/C24H16F6N2OS/c1-14-7-8-19-20(9-14)34-22(31-19)32(13-15-5-3-2-4-6-15)21(33)16-10-17(23(25,26)27)12-18(11-16)24(28,29)30/h2-12H,13H2,1H3. The van der Waals surface area contributed by atoms with Crippen LogP contribution in [0.5, 0.6) is 0 Å². The highest BCUT2D eigenvalue weighted by Crippen LogP contribution is 2.37. The molecule has 0 spiro atoms. The third-order valence-electron chi connectivity index (χ3n) is 5.03. The number of fused-ring (bicyclic) bond motifs is 1. The molecular weight excluding hydrogens is 478 g/mol. The lowest BCUT2D eigenvalue weighted by Crippen LogP contribution is -2.31. The highest BCUT2D eigenvalue weighted by atomic mass is 32.1. The van der Waals surface area contributed by atoms with Gasteiger partial charge in [-0.3, -0.25) is 9.69 Å². The molecule has 0 aliphatic carbocycles. The lowest BCUT2D eigenvalue weighted by Gasteiger charge is -2.21. The Balaban J connectivity index is 1.85. The lowest BCUT2D eigenvalue weighted by atomic mass is 10.0. The molecule has 0 N–H and O–H groups in total. The van der Waals surface area contributed by atoms with Crippen LogP contribution in [0.3, 0.4) is 0 Å². The molecule has 1 aromatic heterocycles. The van der Waals surface area contributed by atoms with Crippen molar-refractivity contribution in [2.45, 2.75) is 25.8 Å². The summed E-state index contributed by atoms with van der Waals surface area (Å²) in [6.45, 7) is 1.78.